The van der Waals surface area contributed by atoms with E-state index in [9.17, 15) is 9.59 Å². The van der Waals surface area contributed by atoms with Crippen molar-refractivity contribution in [2.24, 2.45) is 0 Å². The Morgan fingerprint density at radius 2 is 1.85 bits per heavy atom. The molecular formula is C19H15BrN2O5. The average molecular weight is 431 g/mol. The van der Waals surface area contributed by atoms with Crippen LogP contribution in [0.3, 0.4) is 0 Å². The van der Waals surface area contributed by atoms with E-state index in [0.717, 1.165) is 10.0 Å². The van der Waals surface area contributed by atoms with Gasteiger partial charge in [0.15, 0.2) is 17.0 Å². The van der Waals surface area contributed by atoms with Crippen LogP contribution in [0.25, 0.3) is 0 Å². The number of hydrogen-bond donors (Lipinski definition) is 1. The maximum Gasteiger partial charge on any atom is 0.325 e. The van der Waals surface area contributed by atoms with Crippen LogP contribution in [0.15, 0.2) is 40.9 Å². The van der Waals surface area contributed by atoms with E-state index in [-0.39, 0.29) is 19.2 Å². The summed E-state index contributed by atoms with van der Waals surface area (Å²) < 4.78 is 17.2. The van der Waals surface area contributed by atoms with Gasteiger partial charge in [-0.3, -0.25) is 9.69 Å². The molecular weight excluding hydrogens is 416 g/mol. The molecule has 3 aliphatic heterocycles. The number of imide groups is 1. The number of amides is 3. The molecule has 0 aromatic heterocycles. The number of rotatable bonds is 2. The van der Waals surface area contributed by atoms with Gasteiger partial charge in [0.05, 0.1) is 13.2 Å². The molecule has 3 aliphatic rings. The van der Waals surface area contributed by atoms with Crippen molar-refractivity contribution < 1.29 is 23.8 Å². The molecule has 1 saturated heterocycles. The molecule has 2 aromatic carbocycles. The topological polar surface area (TPSA) is 77.1 Å². The monoisotopic (exact) mass is 430 g/mol. The lowest BCUT2D eigenvalue weighted by Crippen LogP contribution is -2.47. The van der Waals surface area contributed by atoms with Gasteiger partial charge < -0.3 is 19.5 Å². The van der Waals surface area contributed by atoms with Crippen LogP contribution in [0.4, 0.5) is 4.79 Å². The van der Waals surface area contributed by atoms with Gasteiger partial charge in [0.2, 0.25) is 6.79 Å². The molecule has 0 aliphatic carbocycles. The van der Waals surface area contributed by atoms with Crippen LogP contribution in [-0.2, 0) is 16.9 Å². The third kappa shape index (κ3) is 2.39. The highest BCUT2D eigenvalue weighted by atomic mass is 79.9. The van der Waals surface area contributed by atoms with E-state index in [0.29, 0.717) is 35.8 Å². The summed E-state index contributed by atoms with van der Waals surface area (Å²) in [5.74, 6) is 1.60. The normalized spacial score (nSPS) is 22.6. The van der Waals surface area contributed by atoms with Gasteiger partial charge in [0.25, 0.3) is 5.91 Å². The molecule has 27 heavy (non-hydrogen) atoms. The molecule has 2 aromatic rings. The molecule has 8 heteroatoms. The van der Waals surface area contributed by atoms with Crippen molar-refractivity contribution in [1.82, 2.24) is 10.2 Å². The van der Waals surface area contributed by atoms with Gasteiger partial charge in [-0.05, 0) is 23.8 Å². The summed E-state index contributed by atoms with van der Waals surface area (Å²) in [5.41, 5.74) is 0.386. The van der Waals surface area contributed by atoms with Crippen LogP contribution >= 0.6 is 15.9 Å². The Bertz CT molecular complexity index is 979. The van der Waals surface area contributed by atoms with E-state index < -0.39 is 11.6 Å². The Hall–Kier alpha value is -2.74. The Morgan fingerprint density at radius 1 is 1.07 bits per heavy atom. The zero-order valence-electron chi connectivity index (χ0n) is 14.2. The number of carbonyl (C=O) groups is 2. The van der Waals surface area contributed by atoms with E-state index in [2.05, 4.69) is 21.2 Å². The third-order valence-corrected chi connectivity index (χ3v) is 5.87. The van der Waals surface area contributed by atoms with Gasteiger partial charge >= 0.3 is 6.03 Å². The van der Waals surface area contributed by atoms with Crippen molar-refractivity contribution in [3.05, 3.63) is 52.0 Å². The number of nitrogens with one attached hydrogen (secondary N) is 1. The third-order valence-electron chi connectivity index (χ3n) is 5.13. The average Bonchev–Trinajstić information content (AvgIpc) is 3.20. The standard InChI is InChI=1S/C19H15BrN2O5/c20-13-8-16-15(26-10-27-16)7-11(13)9-22-17(23)19(21-18(22)24)5-6-25-14-4-2-1-3-12(14)19/h1-4,7-8H,5-6,9-10H2,(H,21,24). The molecule has 138 valence electrons. The van der Waals surface area contributed by atoms with Crippen LogP contribution in [-0.4, -0.2) is 30.2 Å². The number of urea groups is 1. The minimum atomic E-state index is -1.07. The summed E-state index contributed by atoms with van der Waals surface area (Å²) in [7, 11) is 0. The predicted octanol–water partition coefficient (Wildman–Crippen LogP) is 2.91. The van der Waals surface area contributed by atoms with E-state index in [1.807, 2.05) is 24.3 Å². The fourth-order valence-corrected chi connectivity index (χ4v) is 4.21. The van der Waals surface area contributed by atoms with Gasteiger partial charge in [-0.15, -0.1) is 0 Å². The molecule has 3 heterocycles. The second-order valence-electron chi connectivity index (χ2n) is 6.62. The molecule has 0 bridgehead atoms. The SMILES string of the molecule is O=C1NC2(CCOc3ccccc32)C(=O)N1Cc1cc2c(cc1Br)OCO2. The zero-order valence-corrected chi connectivity index (χ0v) is 15.7. The number of carbonyl (C=O) groups excluding carboxylic acids is 2. The lowest BCUT2D eigenvalue weighted by molar-refractivity contribution is -0.133. The van der Waals surface area contributed by atoms with Crippen molar-refractivity contribution >= 4 is 27.9 Å². The molecule has 1 fully saturated rings. The molecule has 3 amide bonds. The fraction of sp³-hybridized carbons (Fsp3) is 0.263. The first kappa shape index (κ1) is 16.4. The molecule has 1 unspecified atom stereocenters. The van der Waals surface area contributed by atoms with Gasteiger partial charge in [-0.2, -0.15) is 0 Å². The summed E-state index contributed by atoms with van der Waals surface area (Å²) in [6, 6.07) is 10.5. The van der Waals surface area contributed by atoms with Crippen LogP contribution in [0.5, 0.6) is 17.2 Å². The number of ether oxygens (including phenoxy) is 3. The Labute approximate surface area is 163 Å². The number of nitrogens with zero attached hydrogens (tertiary/aromatic N) is 1. The summed E-state index contributed by atoms with van der Waals surface area (Å²) in [4.78, 5) is 27.3. The number of fused-ring (bicyclic) bond motifs is 3. The summed E-state index contributed by atoms with van der Waals surface area (Å²) in [5, 5.41) is 2.90. The second-order valence-corrected chi connectivity index (χ2v) is 7.47. The highest BCUT2D eigenvalue weighted by Gasteiger charge is 2.54. The second kappa shape index (κ2) is 5.88. The fourth-order valence-electron chi connectivity index (χ4n) is 3.77. The van der Waals surface area contributed by atoms with Gasteiger partial charge in [0, 0.05) is 16.5 Å². The molecule has 7 nitrogen and oxygen atoms in total. The lowest BCUT2D eigenvalue weighted by atomic mass is 9.84. The van der Waals surface area contributed by atoms with Crippen LogP contribution in [0.2, 0.25) is 0 Å². The number of halogens is 1. The zero-order chi connectivity index (χ0) is 18.6. The summed E-state index contributed by atoms with van der Waals surface area (Å²) in [6.45, 7) is 0.658. The van der Waals surface area contributed by atoms with E-state index in [4.69, 9.17) is 14.2 Å². The van der Waals surface area contributed by atoms with Crippen molar-refractivity contribution in [2.45, 2.75) is 18.5 Å². The first-order valence-electron chi connectivity index (χ1n) is 8.53. The van der Waals surface area contributed by atoms with E-state index >= 15 is 0 Å². The van der Waals surface area contributed by atoms with Crippen molar-refractivity contribution in [1.29, 1.82) is 0 Å². The number of para-hydroxylation sites is 1. The van der Waals surface area contributed by atoms with Crippen molar-refractivity contribution in [3.8, 4) is 17.2 Å². The Morgan fingerprint density at radius 3 is 2.70 bits per heavy atom. The largest absolute Gasteiger partial charge is 0.493 e. The smallest absolute Gasteiger partial charge is 0.325 e. The van der Waals surface area contributed by atoms with Crippen LogP contribution < -0.4 is 19.5 Å². The maximum atomic E-state index is 13.3. The van der Waals surface area contributed by atoms with Crippen LogP contribution in [0, 0.1) is 0 Å². The number of benzene rings is 2. The van der Waals surface area contributed by atoms with Crippen LogP contribution in [0.1, 0.15) is 17.5 Å². The summed E-state index contributed by atoms with van der Waals surface area (Å²) >= 11 is 3.49. The Kier molecular flexibility index (Phi) is 3.58. The first-order valence-corrected chi connectivity index (χ1v) is 9.32. The highest BCUT2D eigenvalue weighted by molar-refractivity contribution is 9.10. The quantitative estimate of drug-likeness (QED) is 0.741. The van der Waals surface area contributed by atoms with Gasteiger partial charge in [-0.25, -0.2) is 4.79 Å². The molecule has 1 atom stereocenters. The predicted molar refractivity (Wildman–Crippen MR) is 97.6 cm³/mol. The molecule has 0 radical (unpaired) electrons. The van der Waals surface area contributed by atoms with E-state index in [1.165, 1.54) is 4.90 Å². The molecule has 5 rings (SSSR count). The van der Waals surface area contributed by atoms with Gasteiger partial charge in [-0.1, -0.05) is 34.1 Å². The number of hydrogen-bond acceptors (Lipinski definition) is 5. The van der Waals surface area contributed by atoms with Crippen molar-refractivity contribution in [2.75, 3.05) is 13.4 Å². The molecule has 1 N–H and O–H groups in total. The maximum absolute atomic E-state index is 13.3. The minimum absolute atomic E-state index is 0.132. The summed E-state index contributed by atoms with van der Waals surface area (Å²) in [6.07, 6.45) is 0.396. The van der Waals surface area contributed by atoms with Gasteiger partial charge in [0.1, 0.15) is 5.75 Å². The van der Waals surface area contributed by atoms with E-state index in [1.54, 1.807) is 12.1 Å². The Balaban J connectivity index is 1.50. The first-order chi connectivity index (χ1) is 13.1. The van der Waals surface area contributed by atoms with Crippen molar-refractivity contribution in [3.63, 3.8) is 0 Å². The lowest BCUT2D eigenvalue weighted by Gasteiger charge is -2.33. The molecule has 0 saturated carbocycles. The highest BCUT2D eigenvalue weighted by Crippen LogP contribution is 2.42. The molecule has 1 spiro atoms. The minimum Gasteiger partial charge on any atom is -0.493 e.